The van der Waals surface area contributed by atoms with Crippen LogP contribution in [0.5, 0.6) is 0 Å². The normalized spacial score (nSPS) is 10.4. The number of esters is 1. The first-order valence-corrected chi connectivity index (χ1v) is 4.54. The van der Waals surface area contributed by atoms with Crippen molar-refractivity contribution < 1.29 is 19.4 Å². The van der Waals surface area contributed by atoms with Gasteiger partial charge >= 0.3 is 11.9 Å². The number of thiophene rings is 1. The van der Waals surface area contributed by atoms with Gasteiger partial charge in [0.05, 0.1) is 7.11 Å². The van der Waals surface area contributed by atoms with Gasteiger partial charge in [0.1, 0.15) is 4.88 Å². The standard InChI is InChI=1S/C9H8O4S/c1-13-9(12)7-4-2-6(14-7)3-5-8(10)11/h2-5H,1H3,(H,10,11). The van der Waals surface area contributed by atoms with Crippen LogP contribution >= 0.6 is 11.3 Å². The lowest BCUT2D eigenvalue weighted by Crippen LogP contribution is -1.96. The Kier molecular flexibility index (Phi) is 3.41. The Balaban J connectivity index is 2.78. The summed E-state index contributed by atoms with van der Waals surface area (Å²) < 4.78 is 4.51. The van der Waals surface area contributed by atoms with Crippen LogP contribution in [0.1, 0.15) is 14.5 Å². The number of hydrogen-bond acceptors (Lipinski definition) is 4. The van der Waals surface area contributed by atoms with Crippen LogP contribution in [0.25, 0.3) is 6.08 Å². The maximum atomic E-state index is 11.0. The van der Waals surface area contributed by atoms with Gasteiger partial charge in [-0.25, -0.2) is 9.59 Å². The van der Waals surface area contributed by atoms with Crippen LogP contribution in [0.15, 0.2) is 18.2 Å². The van der Waals surface area contributed by atoms with Crippen molar-refractivity contribution in [3.8, 4) is 0 Å². The monoisotopic (exact) mass is 212 g/mol. The zero-order valence-corrected chi connectivity index (χ0v) is 8.21. The van der Waals surface area contributed by atoms with E-state index < -0.39 is 11.9 Å². The lowest BCUT2D eigenvalue weighted by molar-refractivity contribution is -0.131. The highest BCUT2D eigenvalue weighted by Gasteiger charge is 2.07. The summed E-state index contributed by atoms with van der Waals surface area (Å²) in [6.45, 7) is 0. The van der Waals surface area contributed by atoms with Gasteiger partial charge in [-0.1, -0.05) is 0 Å². The number of carboxylic acids is 1. The van der Waals surface area contributed by atoms with Gasteiger partial charge in [-0.2, -0.15) is 0 Å². The minimum atomic E-state index is -1.02. The smallest absolute Gasteiger partial charge is 0.348 e. The van der Waals surface area contributed by atoms with E-state index in [1.807, 2.05) is 0 Å². The topological polar surface area (TPSA) is 63.6 Å². The Bertz CT molecular complexity index is 378. The molecule has 1 heterocycles. The second kappa shape index (κ2) is 4.57. The highest BCUT2D eigenvalue weighted by molar-refractivity contribution is 7.14. The van der Waals surface area contributed by atoms with E-state index in [0.717, 1.165) is 6.08 Å². The average Bonchev–Trinajstić information content (AvgIpc) is 2.62. The number of aliphatic carboxylic acids is 1. The molecule has 0 aliphatic rings. The molecule has 0 aliphatic carbocycles. The van der Waals surface area contributed by atoms with E-state index >= 15 is 0 Å². The van der Waals surface area contributed by atoms with Crippen LogP contribution in [0.4, 0.5) is 0 Å². The minimum Gasteiger partial charge on any atom is -0.478 e. The molecule has 5 heteroatoms. The summed E-state index contributed by atoms with van der Waals surface area (Å²) in [6.07, 6.45) is 2.45. The minimum absolute atomic E-state index is 0.412. The number of methoxy groups -OCH3 is 1. The van der Waals surface area contributed by atoms with Crippen molar-refractivity contribution in [1.82, 2.24) is 0 Å². The number of hydrogen-bond donors (Lipinski definition) is 1. The maximum Gasteiger partial charge on any atom is 0.348 e. The van der Waals surface area contributed by atoms with Gasteiger partial charge in [-0.15, -0.1) is 11.3 Å². The third kappa shape index (κ3) is 2.70. The Hall–Kier alpha value is -1.62. The van der Waals surface area contributed by atoms with E-state index in [1.54, 1.807) is 12.1 Å². The van der Waals surface area contributed by atoms with Crippen molar-refractivity contribution in [2.75, 3.05) is 7.11 Å². The molecule has 0 saturated heterocycles. The fourth-order valence-electron chi connectivity index (χ4n) is 0.806. The van der Waals surface area contributed by atoms with Crippen molar-refractivity contribution in [3.63, 3.8) is 0 Å². The molecular weight excluding hydrogens is 204 g/mol. The van der Waals surface area contributed by atoms with E-state index in [4.69, 9.17) is 5.11 Å². The lowest BCUT2D eigenvalue weighted by atomic mass is 10.4. The van der Waals surface area contributed by atoms with Gasteiger partial charge < -0.3 is 9.84 Å². The Morgan fingerprint density at radius 3 is 2.79 bits per heavy atom. The Morgan fingerprint density at radius 2 is 2.21 bits per heavy atom. The van der Waals surface area contributed by atoms with Crippen LogP contribution in [0.2, 0.25) is 0 Å². The molecule has 0 unspecified atom stereocenters. The number of carbonyl (C=O) groups excluding carboxylic acids is 1. The van der Waals surface area contributed by atoms with E-state index in [-0.39, 0.29) is 0 Å². The van der Waals surface area contributed by atoms with Gasteiger partial charge in [0.2, 0.25) is 0 Å². The predicted molar refractivity (Wildman–Crippen MR) is 52.3 cm³/mol. The highest BCUT2D eigenvalue weighted by atomic mass is 32.1. The first-order chi connectivity index (χ1) is 6.63. The molecule has 4 nitrogen and oxygen atoms in total. The molecule has 0 atom stereocenters. The van der Waals surface area contributed by atoms with Crippen LogP contribution in [-0.2, 0) is 9.53 Å². The summed E-state index contributed by atoms with van der Waals surface area (Å²) in [6, 6.07) is 3.26. The molecular formula is C9H8O4S. The maximum absolute atomic E-state index is 11.0. The van der Waals surface area contributed by atoms with Crippen molar-refractivity contribution >= 4 is 29.4 Å². The molecule has 14 heavy (non-hydrogen) atoms. The Labute approximate surface area is 84.4 Å². The summed E-state index contributed by atoms with van der Waals surface area (Å²) in [5.74, 6) is -1.43. The first-order valence-electron chi connectivity index (χ1n) is 3.72. The number of rotatable bonds is 3. The molecule has 1 aromatic heterocycles. The molecule has 0 aromatic carbocycles. The highest BCUT2D eigenvalue weighted by Crippen LogP contribution is 2.18. The molecule has 0 bridgehead atoms. The van der Waals surface area contributed by atoms with Crippen LogP contribution < -0.4 is 0 Å². The van der Waals surface area contributed by atoms with Crippen molar-refractivity contribution in [1.29, 1.82) is 0 Å². The second-order valence-electron chi connectivity index (χ2n) is 2.37. The van der Waals surface area contributed by atoms with Gasteiger partial charge in [0.25, 0.3) is 0 Å². The van der Waals surface area contributed by atoms with Crippen LogP contribution in [-0.4, -0.2) is 24.2 Å². The number of ether oxygens (including phenoxy) is 1. The third-order valence-corrected chi connectivity index (χ3v) is 2.43. The third-order valence-electron chi connectivity index (χ3n) is 1.40. The Morgan fingerprint density at radius 1 is 1.50 bits per heavy atom. The fraction of sp³-hybridized carbons (Fsp3) is 0.111. The molecule has 0 aliphatic heterocycles. The number of carboxylic acid groups (broad SMARTS) is 1. The zero-order chi connectivity index (χ0) is 10.6. The van der Waals surface area contributed by atoms with Crippen molar-refractivity contribution in [2.24, 2.45) is 0 Å². The largest absolute Gasteiger partial charge is 0.478 e. The van der Waals surface area contributed by atoms with Crippen molar-refractivity contribution in [2.45, 2.75) is 0 Å². The first kappa shape index (κ1) is 10.5. The van der Waals surface area contributed by atoms with Gasteiger partial charge in [0.15, 0.2) is 0 Å². The van der Waals surface area contributed by atoms with Crippen molar-refractivity contribution in [3.05, 3.63) is 28.0 Å². The van der Waals surface area contributed by atoms with Crippen LogP contribution in [0.3, 0.4) is 0 Å². The summed E-state index contributed by atoms with van der Waals surface area (Å²) >= 11 is 1.18. The zero-order valence-electron chi connectivity index (χ0n) is 7.39. The molecule has 0 fully saturated rings. The molecule has 74 valence electrons. The summed E-state index contributed by atoms with van der Waals surface area (Å²) in [7, 11) is 1.30. The van der Waals surface area contributed by atoms with E-state index in [2.05, 4.69) is 4.74 Å². The summed E-state index contributed by atoms with van der Waals surface area (Å²) in [5.41, 5.74) is 0. The fourth-order valence-corrected chi connectivity index (χ4v) is 1.63. The molecule has 0 spiro atoms. The number of carbonyl (C=O) groups is 2. The van der Waals surface area contributed by atoms with E-state index in [0.29, 0.717) is 9.75 Å². The summed E-state index contributed by atoms with van der Waals surface area (Å²) in [4.78, 5) is 22.4. The SMILES string of the molecule is COC(=O)c1ccc(C=CC(=O)O)s1. The lowest BCUT2D eigenvalue weighted by Gasteiger charge is -1.91. The van der Waals surface area contributed by atoms with Crippen LogP contribution in [0, 0.1) is 0 Å². The second-order valence-corrected chi connectivity index (χ2v) is 3.48. The summed E-state index contributed by atoms with van der Waals surface area (Å²) in [5, 5.41) is 8.36. The molecule has 1 N–H and O–H groups in total. The predicted octanol–water partition coefficient (Wildman–Crippen LogP) is 1.63. The van der Waals surface area contributed by atoms with E-state index in [1.165, 1.54) is 24.5 Å². The average molecular weight is 212 g/mol. The molecule has 0 radical (unpaired) electrons. The van der Waals surface area contributed by atoms with Gasteiger partial charge in [-0.05, 0) is 18.2 Å². The van der Waals surface area contributed by atoms with Gasteiger partial charge in [0, 0.05) is 11.0 Å². The molecule has 0 amide bonds. The van der Waals surface area contributed by atoms with Gasteiger partial charge in [-0.3, -0.25) is 0 Å². The molecule has 0 saturated carbocycles. The van der Waals surface area contributed by atoms with E-state index in [9.17, 15) is 9.59 Å². The molecule has 1 rings (SSSR count). The quantitative estimate of drug-likeness (QED) is 0.611. The molecule has 1 aromatic rings.